The van der Waals surface area contributed by atoms with Crippen molar-refractivity contribution in [3.63, 3.8) is 0 Å². The lowest BCUT2D eigenvalue weighted by molar-refractivity contribution is -0.137. The molecular formula is C41H42F5N3O3S. The Bertz CT molecular complexity index is 2240. The predicted octanol–water partition coefficient (Wildman–Crippen LogP) is 8.98. The first kappa shape index (κ1) is 29.2. The number of fused-ring (bicyclic) bond motifs is 1. The third-order valence-electron chi connectivity index (χ3n) is 9.38. The van der Waals surface area contributed by atoms with Gasteiger partial charge < -0.3 is 24.5 Å². The Morgan fingerprint density at radius 1 is 1.02 bits per heavy atom. The van der Waals surface area contributed by atoms with E-state index in [0.717, 1.165) is 30.3 Å². The van der Waals surface area contributed by atoms with E-state index in [0.29, 0.717) is 39.7 Å². The molecule has 2 atom stereocenters. The molecule has 2 unspecified atom stereocenters. The SMILES string of the molecule is [2H]C([2H])([2H])OC([2H])([2H])CN1CCC(N(C(=O)CN2C(SC([2H])([2H])c3cccc(F)c3F)=CC(O)c3ccccc32)C([2H])(C)c2ccc(-c3ccc(C(F)(F)F)cc3)cc2)CC1. The summed E-state index contributed by atoms with van der Waals surface area (Å²) in [5.41, 5.74) is -1.96. The van der Waals surface area contributed by atoms with Crippen LogP contribution in [-0.2, 0) is 21.4 Å². The van der Waals surface area contributed by atoms with Gasteiger partial charge in [0.2, 0.25) is 5.91 Å². The van der Waals surface area contributed by atoms with Gasteiger partial charge in [-0.3, -0.25) is 4.79 Å². The molecule has 4 aromatic rings. The van der Waals surface area contributed by atoms with E-state index < -0.39 is 78.9 Å². The zero-order chi connectivity index (χ0) is 44.7. The summed E-state index contributed by atoms with van der Waals surface area (Å²) in [5.74, 6) is -3.29. The van der Waals surface area contributed by atoms with E-state index in [4.69, 9.17) is 9.60 Å². The second-order valence-corrected chi connectivity index (χ2v) is 13.5. The average molecular weight is 760 g/mol. The van der Waals surface area contributed by atoms with Crippen LogP contribution in [0.25, 0.3) is 11.1 Å². The number of amides is 1. The molecule has 2 aliphatic rings. The van der Waals surface area contributed by atoms with E-state index >= 15 is 0 Å². The summed E-state index contributed by atoms with van der Waals surface area (Å²) in [6.45, 7) is -1.57. The lowest BCUT2D eigenvalue weighted by Crippen LogP contribution is -2.51. The van der Waals surface area contributed by atoms with Crippen LogP contribution < -0.4 is 4.90 Å². The van der Waals surface area contributed by atoms with E-state index in [-0.39, 0.29) is 37.5 Å². The standard InChI is InChI=1S/C41H42F5N3O3S/c1-27(28-10-12-29(13-11-28)30-14-16-32(17-15-30)41(44,45)46)49(33-18-20-47(21-19-33)22-23-52-2)38(51)25-48-36-9-4-3-7-34(36)37(50)24-39(48)53-26-31-6-5-8-35(42)40(31)43/h3-17,24,27,33,37,50H,18-23,25-26H2,1-2H3/i2D3,23D2,26D2,27D. The van der Waals surface area contributed by atoms with Crippen molar-refractivity contribution in [1.82, 2.24) is 9.80 Å². The molecule has 1 N–H and O–H groups in total. The summed E-state index contributed by atoms with van der Waals surface area (Å²) < 4.78 is 139. The molecule has 1 fully saturated rings. The molecule has 0 radical (unpaired) electrons. The monoisotopic (exact) mass is 759 g/mol. The van der Waals surface area contributed by atoms with Crippen LogP contribution in [0.3, 0.4) is 0 Å². The Morgan fingerprint density at radius 3 is 2.38 bits per heavy atom. The van der Waals surface area contributed by atoms with Crippen molar-refractivity contribution in [3.8, 4) is 11.1 Å². The van der Waals surface area contributed by atoms with Gasteiger partial charge in [0.25, 0.3) is 0 Å². The third kappa shape index (κ3) is 8.95. The second kappa shape index (κ2) is 16.8. The van der Waals surface area contributed by atoms with Gasteiger partial charge in [-0.1, -0.05) is 66.7 Å². The van der Waals surface area contributed by atoms with Crippen LogP contribution in [0, 0.1) is 11.6 Å². The largest absolute Gasteiger partial charge is 0.416 e. The number of benzene rings is 4. The highest BCUT2D eigenvalue weighted by atomic mass is 32.2. The van der Waals surface area contributed by atoms with Crippen LogP contribution in [-0.4, -0.2) is 66.6 Å². The molecule has 0 saturated carbocycles. The molecule has 2 aliphatic heterocycles. The van der Waals surface area contributed by atoms with Crippen LogP contribution in [0.2, 0.25) is 0 Å². The van der Waals surface area contributed by atoms with Crippen molar-refractivity contribution in [3.05, 3.63) is 136 Å². The predicted molar refractivity (Wildman–Crippen MR) is 198 cm³/mol. The van der Waals surface area contributed by atoms with E-state index in [9.17, 15) is 33.2 Å². The Hall–Kier alpha value is -4.23. The number of ether oxygens (including phenoxy) is 1. The topological polar surface area (TPSA) is 56.2 Å². The van der Waals surface area contributed by atoms with Crippen molar-refractivity contribution >= 4 is 23.4 Å². The number of anilines is 1. The highest BCUT2D eigenvalue weighted by Crippen LogP contribution is 2.41. The molecule has 6 rings (SSSR count). The Kier molecular flexibility index (Phi) is 9.27. The number of hydrogen-bond donors (Lipinski definition) is 1. The van der Waals surface area contributed by atoms with Gasteiger partial charge in [0.05, 0.1) is 31.4 Å². The van der Waals surface area contributed by atoms with Crippen LogP contribution in [0.1, 0.15) is 65.1 Å². The molecule has 0 aromatic heterocycles. The minimum atomic E-state index is -4.52. The molecule has 0 spiro atoms. The molecule has 2 heterocycles. The average Bonchev–Trinajstić information content (AvgIpc) is 3.16. The highest BCUT2D eigenvalue weighted by Gasteiger charge is 2.35. The summed E-state index contributed by atoms with van der Waals surface area (Å²) in [5, 5.41) is 11.1. The normalized spacial score (nSPS) is 20.9. The van der Waals surface area contributed by atoms with Gasteiger partial charge in [0.1, 0.15) is 12.6 Å². The van der Waals surface area contributed by atoms with Gasteiger partial charge in [-0.2, -0.15) is 13.2 Å². The summed E-state index contributed by atoms with van der Waals surface area (Å²) in [6, 6.07) is 18.2. The van der Waals surface area contributed by atoms with Crippen LogP contribution in [0.4, 0.5) is 27.6 Å². The van der Waals surface area contributed by atoms with Crippen molar-refractivity contribution in [2.45, 2.75) is 49.8 Å². The van der Waals surface area contributed by atoms with E-state index in [1.54, 1.807) is 53.4 Å². The van der Waals surface area contributed by atoms with Gasteiger partial charge in [-0.25, -0.2) is 8.78 Å². The molecule has 0 bridgehead atoms. The molecule has 53 heavy (non-hydrogen) atoms. The summed E-state index contributed by atoms with van der Waals surface area (Å²) in [7, 11) is -2.99. The third-order valence-corrected chi connectivity index (χ3v) is 10.3. The first-order valence-corrected chi connectivity index (χ1v) is 17.6. The van der Waals surface area contributed by atoms with E-state index in [2.05, 4.69) is 4.74 Å². The molecule has 12 heteroatoms. The van der Waals surface area contributed by atoms with Crippen molar-refractivity contribution in [1.29, 1.82) is 0 Å². The van der Waals surface area contributed by atoms with Crippen LogP contribution >= 0.6 is 11.8 Å². The number of piperidine rings is 1. The van der Waals surface area contributed by atoms with Gasteiger partial charge >= 0.3 is 6.18 Å². The van der Waals surface area contributed by atoms with E-state index in [1.165, 1.54) is 34.9 Å². The second-order valence-electron chi connectivity index (χ2n) is 12.7. The maximum absolute atomic E-state index is 15.0. The highest BCUT2D eigenvalue weighted by molar-refractivity contribution is 8.02. The Labute approximate surface area is 322 Å². The van der Waals surface area contributed by atoms with Gasteiger partial charge in [-0.05, 0) is 66.8 Å². The number of thioether (sulfide) groups is 1. The minimum Gasteiger partial charge on any atom is -0.384 e. The number of carbonyl (C=O) groups is 1. The smallest absolute Gasteiger partial charge is 0.384 e. The molecule has 280 valence electrons. The number of carbonyl (C=O) groups excluding carboxylic acids is 1. The quantitative estimate of drug-likeness (QED) is 0.146. The van der Waals surface area contributed by atoms with Gasteiger partial charge in [0, 0.05) is 58.0 Å². The number of aliphatic hydroxyl groups is 1. The number of rotatable bonds is 12. The number of halogens is 5. The number of para-hydroxylation sites is 1. The molecule has 1 amide bonds. The minimum absolute atomic E-state index is 0.00652. The molecule has 0 aliphatic carbocycles. The maximum atomic E-state index is 15.0. The number of nitrogens with zero attached hydrogens (tertiary/aromatic N) is 3. The molecular weight excluding hydrogens is 710 g/mol. The fourth-order valence-corrected chi connectivity index (χ4v) is 7.43. The Morgan fingerprint density at radius 2 is 1.70 bits per heavy atom. The van der Waals surface area contributed by atoms with Gasteiger partial charge in [0.15, 0.2) is 11.6 Å². The van der Waals surface area contributed by atoms with Crippen molar-refractivity contribution < 1.29 is 47.6 Å². The van der Waals surface area contributed by atoms with Crippen molar-refractivity contribution in [2.75, 3.05) is 44.7 Å². The maximum Gasteiger partial charge on any atom is 0.416 e. The zero-order valence-electron chi connectivity index (χ0n) is 36.5. The fraction of sp³-hybridized carbons (Fsp3) is 0.341. The number of alkyl halides is 3. The molecule has 1 saturated heterocycles. The Balaban J connectivity index is 1.34. The number of likely N-dealkylation sites (tertiary alicyclic amines) is 1. The molecule has 6 nitrogen and oxygen atoms in total. The lowest BCUT2D eigenvalue weighted by atomic mass is 9.96. The summed E-state index contributed by atoms with van der Waals surface area (Å²) >= 11 is 0.458. The van der Waals surface area contributed by atoms with Gasteiger partial charge in [-0.15, -0.1) is 11.8 Å². The number of methoxy groups -OCH3 is 1. The zero-order valence-corrected chi connectivity index (χ0v) is 29.4. The number of hydrogen-bond acceptors (Lipinski definition) is 6. The van der Waals surface area contributed by atoms with Crippen molar-refractivity contribution in [2.24, 2.45) is 0 Å². The summed E-state index contributed by atoms with van der Waals surface area (Å²) in [6.07, 6.45) is -4.06. The van der Waals surface area contributed by atoms with Crippen LogP contribution in [0.5, 0.6) is 0 Å². The number of aliphatic hydroxyl groups excluding tert-OH is 1. The summed E-state index contributed by atoms with van der Waals surface area (Å²) in [4.78, 5) is 19.4. The first-order valence-electron chi connectivity index (χ1n) is 20.8. The fourth-order valence-electron chi connectivity index (χ4n) is 6.59. The first-order chi connectivity index (χ1) is 28.4. The van der Waals surface area contributed by atoms with Crippen LogP contribution in [0.15, 0.2) is 102 Å². The molecule has 4 aromatic carbocycles. The lowest BCUT2D eigenvalue weighted by Gasteiger charge is -2.43. The van der Waals surface area contributed by atoms with E-state index in [1.807, 2.05) is 0 Å².